The highest BCUT2D eigenvalue weighted by molar-refractivity contribution is 6.74. The van der Waals surface area contributed by atoms with Crippen molar-refractivity contribution in [2.45, 2.75) is 154 Å². The predicted octanol–water partition coefficient (Wildman–Crippen LogP) is 8.56. The summed E-state index contributed by atoms with van der Waals surface area (Å²) in [5, 5.41) is 28.5. The second kappa shape index (κ2) is 18.3. The highest BCUT2D eigenvalue weighted by Crippen LogP contribution is 2.47. The van der Waals surface area contributed by atoms with E-state index in [0.29, 0.717) is 25.2 Å². The van der Waals surface area contributed by atoms with Crippen LogP contribution in [0.4, 0.5) is 4.39 Å². The number of aliphatic hydroxyl groups excluding tert-OH is 3. The molecule has 0 spiro atoms. The average molecular weight is 751 g/mol. The molecule has 292 valence electrons. The lowest BCUT2D eigenvalue weighted by molar-refractivity contribution is -0.151. The molecular weight excluding hydrogens is 680 g/mol. The van der Waals surface area contributed by atoms with E-state index in [0.717, 1.165) is 32.1 Å². The molecule has 0 amide bonds. The number of hydrogen-bond donors (Lipinski definition) is 3. The number of aliphatic hydroxyl groups is 3. The smallest absolute Gasteiger partial charge is 0.305 e. The van der Waals surface area contributed by atoms with Crippen molar-refractivity contribution < 1.29 is 38.1 Å². The summed E-state index contributed by atoms with van der Waals surface area (Å²) < 4.78 is 35.7. The van der Waals surface area contributed by atoms with E-state index in [1.165, 1.54) is 11.1 Å². The fourth-order valence-corrected chi connectivity index (χ4v) is 9.82. The number of carbonyl (C=O) groups excluding carboxylic acids is 1. The summed E-state index contributed by atoms with van der Waals surface area (Å²) in [5.41, 5.74) is 1.61. The monoisotopic (exact) mass is 750 g/mol. The quantitative estimate of drug-likeness (QED) is 0.0564. The minimum absolute atomic E-state index is 0.0245. The van der Waals surface area contributed by atoms with Gasteiger partial charge in [0, 0.05) is 18.9 Å². The van der Waals surface area contributed by atoms with Gasteiger partial charge in [0.1, 0.15) is 12.8 Å². The summed E-state index contributed by atoms with van der Waals surface area (Å²) in [4.78, 5) is 12.3. The number of carbonyl (C=O) groups is 1. The number of alkyl halides is 1. The van der Waals surface area contributed by atoms with Crippen LogP contribution in [0.5, 0.6) is 0 Å². The Labute approximate surface area is 311 Å². The number of hydrogen-bond acceptors (Lipinski definition) is 7. The van der Waals surface area contributed by atoms with Crippen LogP contribution in [0.3, 0.4) is 0 Å². The topological polar surface area (TPSA) is 105 Å². The first-order valence-corrected chi connectivity index (χ1v) is 25.2. The van der Waals surface area contributed by atoms with Gasteiger partial charge < -0.3 is 28.9 Å². The molecule has 0 saturated heterocycles. The van der Waals surface area contributed by atoms with E-state index in [-0.39, 0.29) is 47.1 Å². The van der Waals surface area contributed by atoms with Crippen molar-refractivity contribution in [3.8, 4) is 0 Å². The molecule has 3 N–H and O–H groups in total. The lowest BCUT2D eigenvalue weighted by Gasteiger charge is -2.42. The maximum absolute atomic E-state index is 16.3. The van der Waals surface area contributed by atoms with Gasteiger partial charge in [0.2, 0.25) is 0 Å². The number of allylic oxidation sites excluding steroid dienone is 2. The van der Waals surface area contributed by atoms with Crippen LogP contribution in [0, 0.1) is 23.2 Å². The van der Waals surface area contributed by atoms with Crippen molar-refractivity contribution in [3.63, 3.8) is 0 Å². The fourth-order valence-electron chi connectivity index (χ4n) is 7.01. The van der Waals surface area contributed by atoms with Gasteiger partial charge in [-0.3, -0.25) is 4.79 Å². The highest BCUT2D eigenvalue weighted by atomic mass is 28.4. The molecule has 0 aromatic heterocycles. The average Bonchev–Trinajstić information content (AvgIpc) is 3.60. The van der Waals surface area contributed by atoms with E-state index in [1.807, 2.05) is 0 Å². The number of esters is 1. The molecule has 0 aliphatic heterocycles. The standard InChI is InChI=1S/C41H71FO7Si2/c1-39(2,3)50(7,8)48-36(32-23-30-17-15-16-18-31(30)24-32)22-21-33-34(37(25-35(33)42)49-51(9,10)40(4,5)6)19-13-11-12-14-20-38(46)47-29-41(26-43,27-44)28-45/h11,13,15-18,32-37,43-45H,12,14,19-29H2,1-10H3/t33-,34-,35+,36-,37-/m1/s1. The maximum atomic E-state index is 16.3. The van der Waals surface area contributed by atoms with Crippen LogP contribution < -0.4 is 0 Å². The molecule has 7 nitrogen and oxygen atoms in total. The molecule has 0 unspecified atom stereocenters. The number of benzene rings is 1. The summed E-state index contributed by atoms with van der Waals surface area (Å²) in [5.74, 6) is -0.0821. The van der Waals surface area contributed by atoms with Gasteiger partial charge in [0.05, 0.1) is 31.3 Å². The first-order valence-electron chi connectivity index (χ1n) is 19.4. The Kier molecular flexibility index (Phi) is 15.8. The summed E-state index contributed by atoms with van der Waals surface area (Å²) in [7, 11) is -4.21. The molecule has 0 heterocycles. The summed E-state index contributed by atoms with van der Waals surface area (Å²) in [6.45, 7) is 21.1. The normalized spacial score (nSPS) is 22.9. The molecular formula is C41H71FO7Si2. The zero-order valence-electron chi connectivity index (χ0n) is 33.5. The van der Waals surface area contributed by atoms with E-state index in [1.54, 1.807) is 0 Å². The van der Waals surface area contributed by atoms with Crippen molar-refractivity contribution in [2.75, 3.05) is 26.4 Å². The van der Waals surface area contributed by atoms with Crippen LogP contribution in [-0.4, -0.2) is 82.7 Å². The zero-order valence-corrected chi connectivity index (χ0v) is 35.5. The summed E-state index contributed by atoms with van der Waals surface area (Å²) >= 11 is 0. The molecule has 1 saturated carbocycles. The molecule has 10 heteroatoms. The minimum Gasteiger partial charge on any atom is -0.465 e. The van der Waals surface area contributed by atoms with Crippen LogP contribution in [0.25, 0.3) is 0 Å². The van der Waals surface area contributed by atoms with E-state index in [2.05, 4.69) is 104 Å². The largest absolute Gasteiger partial charge is 0.465 e. The number of ether oxygens (including phenoxy) is 1. The summed E-state index contributed by atoms with van der Waals surface area (Å²) in [6.07, 6.45) is 9.51. The fraction of sp³-hybridized carbons (Fsp3) is 0.780. The Morgan fingerprint density at radius 1 is 0.902 bits per heavy atom. The Morgan fingerprint density at radius 2 is 1.47 bits per heavy atom. The molecule has 1 fully saturated rings. The third-order valence-electron chi connectivity index (χ3n) is 12.7. The number of rotatable bonds is 19. The molecule has 3 rings (SSSR count). The first-order chi connectivity index (χ1) is 23.7. The Hall–Kier alpha value is -1.41. The van der Waals surface area contributed by atoms with Gasteiger partial charge in [-0.15, -0.1) is 0 Å². The molecule has 0 radical (unpaired) electrons. The maximum Gasteiger partial charge on any atom is 0.305 e. The molecule has 51 heavy (non-hydrogen) atoms. The number of unbranched alkanes of at least 4 members (excludes halogenated alkanes) is 1. The van der Waals surface area contributed by atoms with Crippen molar-refractivity contribution in [3.05, 3.63) is 47.5 Å². The van der Waals surface area contributed by atoms with Gasteiger partial charge in [-0.2, -0.15) is 0 Å². The molecule has 5 atom stereocenters. The second-order valence-corrected chi connectivity index (χ2v) is 28.2. The van der Waals surface area contributed by atoms with Crippen LogP contribution in [-0.2, 0) is 31.2 Å². The SMILES string of the molecule is CC(C)(C)[Si](C)(C)O[C@H](CC[C@@H]1[C@@H](CC=CCCCC(=O)OCC(CO)(CO)CO)[C@H](O[Si](C)(C)C(C)(C)C)C[C@@H]1F)C1Cc2ccccc2C1. The van der Waals surface area contributed by atoms with Crippen LogP contribution in [0.1, 0.15) is 97.6 Å². The Bertz CT molecular complexity index is 1230. The second-order valence-electron chi connectivity index (χ2n) is 18.7. The van der Waals surface area contributed by atoms with E-state index in [4.69, 9.17) is 13.6 Å². The van der Waals surface area contributed by atoms with E-state index < -0.39 is 54.0 Å². The zero-order chi connectivity index (χ0) is 38.3. The Morgan fingerprint density at radius 3 is 2.00 bits per heavy atom. The summed E-state index contributed by atoms with van der Waals surface area (Å²) in [6, 6.07) is 8.75. The van der Waals surface area contributed by atoms with Crippen molar-refractivity contribution in [2.24, 2.45) is 23.2 Å². The number of halogens is 1. The number of fused-ring (bicyclic) bond motifs is 1. The molecule has 0 bridgehead atoms. The van der Waals surface area contributed by atoms with Gasteiger partial charge >= 0.3 is 5.97 Å². The first kappa shape index (κ1) is 44.0. The predicted molar refractivity (Wildman–Crippen MR) is 209 cm³/mol. The molecule has 2 aliphatic rings. The Balaban J connectivity index is 1.72. The van der Waals surface area contributed by atoms with Crippen molar-refractivity contribution in [1.82, 2.24) is 0 Å². The minimum atomic E-state index is -2.14. The van der Waals surface area contributed by atoms with Crippen LogP contribution >= 0.6 is 0 Å². The van der Waals surface area contributed by atoms with E-state index in [9.17, 15) is 20.1 Å². The van der Waals surface area contributed by atoms with Crippen molar-refractivity contribution in [1.29, 1.82) is 0 Å². The van der Waals surface area contributed by atoms with Gasteiger partial charge in [-0.1, -0.05) is 78.0 Å². The van der Waals surface area contributed by atoms with Crippen LogP contribution in [0.15, 0.2) is 36.4 Å². The van der Waals surface area contributed by atoms with Gasteiger partial charge in [0.15, 0.2) is 16.6 Å². The lowest BCUT2D eigenvalue weighted by Crippen LogP contribution is -2.46. The van der Waals surface area contributed by atoms with Crippen LogP contribution in [0.2, 0.25) is 36.3 Å². The third-order valence-corrected chi connectivity index (χ3v) is 21.7. The highest BCUT2D eigenvalue weighted by Gasteiger charge is 2.49. The van der Waals surface area contributed by atoms with Crippen molar-refractivity contribution >= 4 is 22.6 Å². The third kappa shape index (κ3) is 11.8. The van der Waals surface area contributed by atoms with E-state index >= 15 is 4.39 Å². The molecule has 1 aromatic carbocycles. The van der Waals surface area contributed by atoms with Gasteiger partial charge in [-0.25, -0.2) is 4.39 Å². The van der Waals surface area contributed by atoms with Gasteiger partial charge in [0.25, 0.3) is 0 Å². The van der Waals surface area contributed by atoms with Gasteiger partial charge in [-0.05, 0) is 110 Å². The molecule has 2 aliphatic carbocycles. The lowest BCUT2D eigenvalue weighted by atomic mass is 9.84. The molecule has 1 aromatic rings.